The molecule has 0 radical (unpaired) electrons. The average molecular weight is 286 g/mol. The highest BCUT2D eigenvalue weighted by molar-refractivity contribution is 9.10. The highest BCUT2D eigenvalue weighted by Crippen LogP contribution is 2.20. The summed E-state index contributed by atoms with van der Waals surface area (Å²) in [4.78, 5) is 6.45. The molecule has 4 heteroatoms. The van der Waals surface area contributed by atoms with Crippen LogP contribution in [0, 0.1) is 0 Å². The lowest BCUT2D eigenvalue weighted by Gasteiger charge is -2.23. The third kappa shape index (κ3) is 4.10. The van der Waals surface area contributed by atoms with Gasteiger partial charge >= 0.3 is 0 Å². The van der Waals surface area contributed by atoms with E-state index in [-0.39, 0.29) is 5.54 Å². The van der Waals surface area contributed by atoms with Gasteiger partial charge in [0, 0.05) is 42.4 Å². The molecular formula is C12H20BrN3. The van der Waals surface area contributed by atoms with Crippen LogP contribution in [0.1, 0.15) is 26.3 Å². The van der Waals surface area contributed by atoms with E-state index in [9.17, 15) is 0 Å². The number of hydrogen-bond donors (Lipinski definition) is 1. The molecule has 0 aromatic carbocycles. The van der Waals surface area contributed by atoms with Crippen molar-refractivity contribution >= 4 is 21.7 Å². The standard InChI is InChI=1S/C12H20BrN3/c1-12(2,3)15-7-9-6-10(13)8-14-11(9)16(4)5/h6,8,15H,7H2,1-5H3. The Morgan fingerprint density at radius 3 is 2.50 bits per heavy atom. The van der Waals surface area contributed by atoms with Crippen molar-refractivity contribution in [2.24, 2.45) is 0 Å². The zero-order valence-electron chi connectivity index (χ0n) is 10.6. The predicted molar refractivity (Wildman–Crippen MR) is 72.9 cm³/mol. The Kier molecular flexibility index (Phi) is 4.33. The molecule has 1 aromatic rings. The molecular weight excluding hydrogens is 266 g/mol. The molecule has 0 saturated carbocycles. The van der Waals surface area contributed by atoms with Crippen LogP contribution in [0.3, 0.4) is 0 Å². The Hall–Kier alpha value is -0.610. The monoisotopic (exact) mass is 285 g/mol. The first-order valence-corrected chi connectivity index (χ1v) is 6.15. The smallest absolute Gasteiger partial charge is 0.132 e. The second kappa shape index (κ2) is 5.15. The van der Waals surface area contributed by atoms with Crippen LogP contribution in [-0.2, 0) is 6.54 Å². The second-order valence-electron chi connectivity index (χ2n) is 5.13. The van der Waals surface area contributed by atoms with Gasteiger partial charge in [-0.25, -0.2) is 4.98 Å². The molecule has 0 saturated heterocycles. The van der Waals surface area contributed by atoms with Crippen LogP contribution in [0.15, 0.2) is 16.7 Å². The van der Waals surface area contributed by atoms with Crippen molar-refractivity contribution in [3.8, 4) is 0 Å². The van der Waals surface area contributed by atoms with Gasteiger partial charge in [-0.2, -0.15) is 0 Å². The lowest BCUT2D eigenvalue weighted by molar-refractivity contribution is 0.424. The molecule has 0 fully saturated rings. The van der Waals surface area contributed by atoms with Gasteiger partial charge in [-0.05, 0) is 42.8 Å². The summed E-state index contributed by atoms with van der Waals surface area (Å²) < 4.78 is 1.02. The van der Waals surface area contributed by atoms with E-state index >= 15 is 0 Å². The molecule has 0 spiro atoms. The maximum absolute atomic E-state index is 4.42. The third-order valence-corrected chi connectivity index (χ3v) is 2.58. The molecule has 0 bridgehead atoms. The summed E-state index contributed by atoms with van der Waals surface area (Å²) in [5.74, 6) is 1.01. The molecule has 0 atom stereocenters. The van der Waals surface area contributed by atoms with Gasteiger partial charge in [0.15, 0.2) is 0 Å². The minimum Gasteiger partial charge on any atom is -0.362 e. The van der Waals surface area contributed by atoms with Crippen molar-refractivity contribution < 1.29 is 0 Å². The summed E-state index contributed by atoms with van der Waals surface area (Å²) in [6.45, 7) is 7.30. The summed E-state index contributed by atoms with van der Waals surface area (Å²) in [6.07, 6.45) is 1.83. The number of anilines is 1. The SMILES string of the molecule is CN(C)c1ncc(Br)cc1CNC(C)(C)C. The van der Waals surface area contributed by atoms with Crippen molar-refractivity contribution in [3.63, 3.8) is 0 Å². The highest BCUT2D eigenvalue weighted by atomic mass is 79.9. The molecule has 0 unspecified atom stereocenters. The van der Waals surface area contributed by atoms with E-state index in [1.54, 1.807) is 0 Å². The van der Waals surface area contributed by atoms with Gasteiger partial charge in [0.1, 0.15) is 5.82 Å². The quantitative estimate of drug-likeness (QED) is 0.926. The minimum atomic E-state index is 0.117. The second-order valence-corrected chi connectivity index (χ2v) is 6.05. The molecule has 16 heavy (non-hydrogen) atoms. The number of pyridine rings is 1. The summed E-state index contributed by atoms with van der Waals surface area (Å²) in [7, 11) is 4.02. The van der Waals surface area contributed by atoms with Gasteiger partial charge < -0.3 is 10.2 Å². The first kappa shape index (κ1) is 13.5. The Morgan fingerprint density at radius 2 is 2.00 bits per heavy atom. The van der Waals surface area contributed by atoms with Crippen molar-refractivity contribution in [2.75, 3.05) is 19.0 Å². The average Bonchev–Trinajstić information content (AvgIpc) is 2.13. The molecule has 1 heterocycles. The van der Waals surface area contributed by atoms with Crippen LogP contribution in [-0.4, -0.2) is 24.6 Å². The van der Waals surface area contributed by atoms with Crippen LogP contribution < -0.4 is 10.2 Å². The van der Waals surface area contributed by atoms with Crippen molar-refractivity contribution in [3.05, 3.63) is 22.3 Å². The molecule has 90 valence electrons. The summed E-state index contributed by atoms with van der Waals surface area (Å²) in [6, 6.07) is 2.11. The minimum absolute atomic E-state index is 0.117. The predicted octanol–water partition coefficient (Wildman–Crippen LogP) is 2.80. The van der Waals surface area contributed by atoms with Gasteiger partial charge in [0.05, 0.1) is 0 Å². The maximum Gasteiger partial charge on any atom is 0.132 e. The zero-order chi connectivity index (χ0) is 12.3. The van der Waals surface area contributed by atoms with E-state index < -0.39 is 0 Å². The Labute approximate surface area is 106 Å². The molecule has 0 aliphatic heterocycles. The lowest BCUT2D eigenvalue weighted by Crippen LogP contribution is -2.35. The Bertz CT molecular complexity index is 356. The van der Waals surface area contributed by atoms with Crippen LogP contribution >= 0.6 is 15.9 Å². The molecule has 1 N–H and O–H groups in total. The Morgan fingerprint density at radius 1 is 1.38 bits per heavy atom. The van der Waals surface area contributed by atoms with E-state index in [0.29, 0.717) is 0 Å². The van der Waals surface area contributed by atoms with Crippen LogP contribution in [0.2, 0.25) is 0 Å². The molecule has 0 aliphatic rings. The van der Waals surface area contributed by atoms with Gasteiger partial charge in [0.25, 0.3) is 0 Å². The number of halogens is 1. The summed E-state index contributed by atoms with van der Waals surface area (Å²) >= 11 is 3.46. The van der Waals surface area contributed by atoms with E-state index in [2.05, 4.69) is 53.1 Å². The van der Waals surface area contributed by atoms with E-state index in [1.165, 1.54) is 5.56 Å². The molecule has 0 aliphatic carbocycles. The normalized spacial score (nSPS) is 11.6. The number of nitrogens with one attached hydrogen (secondary N) is 1. The fourth-order valence-corrected chi connectivity index (χ4v) is 1.75. The topological polar surface area (TPSA) is 28.2 Å². The first-order chi connectivity index (χ1) is 7.29. The first-order valence-electron chi connectivity index (χ1n) is 5.36. The molecule has 1 rings (SSSR count). The van der Waals surface area contributed by atoms with E-state index in [0.717, 1.165) is 16.8 Å². The van der Waals surface area contributed by atoms with E-state index in [1.807, 2.05) is 25.2 Å². The fourth-order valence-electron chi connectivity index (χ4n) is 1.37. The fraction of sp³-hybridized carbons (Fsp3) is 0.583. The molecule has 0 amide bonds. The number of aromatic nitrogens is 1. The van der Waals surface area contributed by atoms with E-state index in [4.69, 9.17) is 0 Å². The molecule has 3 nitrogen and oxygen atoms in total. The van der Waals surface area contributed by atoms with Crippen molar-refractivity contribution in [1.29, 1.82) is 0 Å². The van der Waals surface area contributed by atoms with Gasteiger partial charge in [-0.15, -0.1) is 0 Å². The van der Waals surface area contributed by atoms with Gasteiger partial charge in [-0.3, -0.25) is 0 Å². The maximum atomic E-state index is 4.42. The van der Waals surface area contributed by atoms with Crippen LogP contribution in [0.4, 0.5) is 5.82 Å². The largest absolute Gasteiger partial charge is 0.362 e. The zero-order valence-corrected chi connectivity index (χ0v) is 12.2. The molecule has 1 aromatic heterocycles. The van der Waals surface area contributed by atoms with Gasteiger partial charge in [0.2, 0.25) is 0 Å². The third-order valence-electron chi connectivity index (χ3n) is 2.14. The van der Waals surface area contributed by atoms with Crippen LogP contribution in [0.25, 0.3) is 0 Å². The van der Waals surface area contributed by atoms with Crippen molar-refractivity contribution in [1.82, 2.24) is 10.3 Å². The van der Waals surface area contributed by atoms with Gasteiger partial charge in [-0.1, -0.05) is 0 Å². The number of hydrogen-bond acceptors (Lipinski definition) is 3. The van der Waals surface area contributed by atoms with Crippen LogP contribution in [0.5, 0.6) is 0 Å². The number of nitrogens with zero attached hydrogens (tertiary/aromatic N) is 2. The highest BCUT2D eigenvalue weighted by Gasteiger charge is 2.12. The Balaban J connectivity index is 2.88. The number of rotatable bonds is 3. The lowest BCUT2D eigenvalue weighted by atomic mass is 10.1. The summed E-state index contributed by atoms with van der Waals surface area (Å²) in [5, 5.41) is 3.47. The van der Waals surface area contributed by atoms with Crippen molar-refractivity contribution in [2.45, 2.75) is 32.9 Å². The summed E-state index contributed by atoms with van der Waals surface area (Å²) in [5.41, 5.74) is 1.32.